The normalized spacial score (nSPS) is 9.69. The summed E-state index contributed by atoms with van der Waals surface area (Å²) in [6.45, 7) is 2.55. The molecule has 1 aromatic rings. The summed E-state index contributed by atoms with van der Waals surface area (Å²) in [4.78, 5) is 10.2. The molecule has 0 fully saturated rings. The molecule has 0 radical (unpaired) electrons. The van der Waals surface area contributed by atoms with E-state index < -0.39 is 4.92 Å². The lowest BCUT2D eigenvalue weighted by molar-refractivity contribution is -0.384. The van der Waals surface area contributed by atoms with E-state index in [-0.39, 0.29) is 5.69 Å². The molecule has 0 aromatic heterocycles. The van der Waals surface area contributed by atoms with Crippen molar-refractivity contribution in [2.75, 3.05) is 11.9 Å². The molecule has 0 heterocycles. The van der Waals surface area contributed by atoms with Crippen molar-refractivity contribution < 1.29 is 4.92 Å². The Labute approximate surface area is 84.2 Å². The average molecular weight is 245 g/mol. The van der Waals surface area contributed by atoms with Crippen molar-refractivity contribution >= 4 is 27.3 Å². The van der Waals surface area contributed by atoms with E-state index >= 15 is 0 Å². The summed E-state index contributed by atoms with van der Waals surface area (Å²) in [5.74, 6) is 0. The van der Waals surface area contributed by atoms with Crippen LogP contribution in [-0.4, -0.2) is 11.5 Å². The van der Waals surface area contributed by atoms with Crippen molar-refractivity contribution in [3.8, 4) is 0 Å². The van der Waals surface area contributed by atoms with Gasteiger partial charge in [0.15, 0.2) is 0 Å². The number of para-hydroxylation sites is 1. The monoisotopic (exact) mass is 244 g/mol. The van der Waals surface area contributed by atoms with Gasteiger partial charge in [-0.15, -0.1) is 0 Å². The SMILES string of the molecule is CCNc1c(Br)cccc1[N+](=O)[O-]. The molecular formula is C8H9BrN2O2. The van der Waals surface area contributed by atoms with Gasteiger partial charge in [0.25, 0.3) is 5.69 Å². The van der Waals surface area contributed by atoms with Crippen LogP contribution in [0, 0.1) is 10.1 Å². The van der Waals surface area contributed by atoms with Crippen LogP contribution < -0.4 is 5.32 Å². The number of hydrogen-bond donors (Lipinski definition) is 1. The first-order chi connectivity index (χ1) is 6.16. The van der Waals surface area contributed by atoms with Gasteiger partial charge in [0, 0.05) is 17.1 Å². The molecule has 0 aliphatic rings. The minimum absolute atomic E-state index is 0.0937. The summed E-state index contributed by atoms with van der Waals surface area (Å²) in [6.07, 6.45) is 0. The fraction of sp³-hybridized carbons (Fsp3) is 0.250. The third-order valence-electron chi connectivity index (χ3n) is 1.54. The third-order valence-corrected chi connectivity index (χ3v) is 2.20. The Morgan fingerprint density at radius 1 is 1.62 bits per heavy atom. The highest BCUT2D eigenvalue weighted by molar-refractivity contribution is 9.10. The highest BCUT2D eigenvalue weighted by atomic mass is 79.9. The van der Waals surface area contributed by atoms with Gasteiger partial charge in [-0.05, 0) is 28.9 Å². The molecule has 0 amide bonds. The van der Waals surface area contributed by atoms with Crippen LogP contribution in [0.1, 0.15) is 6.92 Å². The van der Waals surface area contributed by atoms with Crippen LogP contribution in [0.25, 0.3) is 0 Å². The molecule has 1 N–H and O–H groups in total. The van der Waals surface area contributed by atoms with Gasteiger partial charge in [0.05, 0.1) is 4.92 Å². The van der Waals surface area contributed by atoms with Gasteiger partial charge in [-0.25, -0.2) is 0 Å². The number of hydrogen-bond acceptors (Lipinski definition) is 3. The van der Waals surface area contributed by atoms with Crippen molar-refractivity contribution in [2.45, 2.75) is 6.92 Å². The maximum Gasteiger partial charge on any atom is 0.293 e. The molecule has 0 aliphatic heterocycles. The summed E-state index contributed by atoms with van der Waals surface area (Å²) in [5.41, 5.74) is 0.631. The van der Waals surface area contributed by atoms with Crippen molar-refractivity contribution in [1.29, 1.82) is 0 Å². The maximum absolute atomic E-state index is 10.6. The highest BCUT2D eigenvalue weighted by Crippen LogP contribution is 2.31. The van der Waals surface area contributed by atoms with Gasteiger partial charge in [0.1, 0.15) is 5.69 Å². The molecule has 0 saturated heterocycles. The maximum atomic E-state index is 10.6. The molecule has 13 heavy (non-hydrogen) atoms. The molecule has 4 nitrogen and oxygen atoms in total. The second kappa shape index (κ2) is 4.23. The van der Waals surface area contributed by atoms with E-state index in [0.717, 1.165) is 0 Å². The van der Waals surface area contributed by atoms with Crippen LogP contribution in [0.4, 0.5) is 11.4 Å². The number of halogens is 1. The number of rotatable bonds is 3. The van der Waals surface area contributed by atoms with Gasteiger partial charge in [-0.1, -0.05) is 6.07 Å². The average Bonchev–Trinajstić information content (AvgIpc) is 2.08. The fourth-order valence-electron chi connectivity index (χ4n) is 1.02. The lowest BCUT2D eigenvalue weighted by Crippen LogP contribution is -2.01. The summed E-state index contributed by atoms with van der Waals surface area (Å²) >= 11 is 3.25. The van der Waals surface area contributed by atoms with Crippen LogP contribution in [-0.2, 0) is 0 Å². The largest absolute Gasteiger partial charge is 0.379 e. The van der Waals surface area contributed by atoms with Gasteiger partial charge >= 0.3 is 0 Å². The second-order valence-corrected chi connectivity index (χ2v) is 3.28. The standard InChI is InChI=1S/C8H9BrN2O2/c1-2-10-8-6(9)4-3-5-7(8)11(12)13/h3-5,10H,2H2,1H3. The number of nitro benzene ring substituents is 1. The van der Waals surface area contributed by atoms with Crippen molar-refractivity contribution in [3.63, 3.8) is 0 Å². The number of nitrogens with one attached hydrogen (secondary N) is 1. The van der Waals surface area contributed by atoms with Crippen LogP contribution in [0.15, 0.2) is 22.7 Å². The van der Waals surface area contributed by atoms with E-state index in [9.17, 15) is 10.1 Å². The number of nitrogens with zero attached hydrogens (tertiary/aromatic N) is 1. The fourth-order valence-corrected chi connectivity index (χ4v) is 1.51. The second-order valence-electron chi connectivity index (χ2n) is 2.42. The van der Waals surface area contributed by atoms with Gasteiger partial charge in [-0.2, -0.15) is 0 Å². The summed E-state index contributed by atoms with van der Waals surface area (Å²) in [6, 6.07) is 4.89. The van der Waals surface area contributed by atoms with Gasteiger partial charge in [-0.3, -0.25) is 10.1 Å². The van der Waals surface area contributed by atoms with E-state index in [0.29, 0.717) is 16.7 Å². The quantitative estimate of drug-likeness (QED) is 0.658. The van der Waals surface area contributed by atoms with Gasteiger partial charge in [0.2, 0.25) is 0 Å². The molecule has 0 spiro atoms. The molecule has 0 aliphatic carbocycles. The smallest absolute Gasteiger partial charge is 0.293 e. The van der Waals surface area contributed by atoms with E-state index in [1.165, 1.54) is 6.07 Å². The van der Waals surface area contributed by atoms with Gasteiger partial charge < -0.3 is 5.32 Å². The van der Waals surface area contributed by atoms with E-state index in [4.69, 9.17) is 0 Å². The molecular weight excluding hydrogens is 236 g/mol. The Morgan fingerprint density at radius 2 is 2.31 bits per heavy atom. The zero-order chi connectivity index (χ0) is 9.84. The molecule has 70 valence electrons. The minimum atomic E-state index is -0.400. The summed E-state index contributed by atoms with van der Waals surface area (Å²) < 4.78 is 0.712. The zero-order valence-corrected chi connectivity index (χ0v) is 8.67. The molecule has 5 heteroatoms. The van der Waals surface area contributed by atoms with Crippen molar-refractivity contribution in [1.82, 2.24) is 0 Å². The third kappa shape index (κ3) is 2.18. The molecule has 0 saturated carbocycles. The molecule has 0 unspecified atom stereocenters. The van der Waals surface area contributed by atoms with Crippen LogP contribution in [0.2, 0.25) is 0 Å². The first-order valence-corrected chi connectivity index (χ1v) is 4.63. The highest BCUT2D eigenvalue weighted by Gasteiger charge is 2.14. The van der Waals surface area contributed by atoms with Crippen LogP contribution in [0.5, 0.6) is 0 Å². The minimum Gasteiger partial charge on any atom is -0.379 e. The Balaban J connectivity index is 3.17. The van der Waals surface area contributed by atoms with E-state index in [1.54, 1.807) is 12.1 Å². The van der Waals surface area contributed by atoms with Crippen molar-refractivity contribution in [3.05, 3.63) is 32.8 Å². The first-order valence-electron chi connectivity index (χ1n) is 3.83. The van der Waals surface area contributed by atoms with E-state index in [2.05, 4.69) is 21.2 Å². The molecule has 0 bridgehead atoms. The first kappa shape index (κ1) is 9.98. The Kier molecular flexibility index (Phi) is 3.25. The van der Waals surface area contributed by atoms with E-state index in [1.807, 2.05) is 6.92 Å². The lowest BCUT2D eigenvalue weighted by Gasteiger charge is -2.05. The zero-order valence-electron chi connectivity index (χ0n) is 7.08. The lowest BCUT2D eigenvalue weighted by atomic mass is 10.2. The Morgan fingerprint density at radius 3 is 2.85 bits per heavy atom. The number of anilines is 1. The Hall–Kier alpha value is -1.10. The molecule has 0 atom stereocenters. The van der Waals surface area contributed by atoms with Crippen molar-refractivity contribution in [2.24, 2.45) is 0 Å². The predicted octanol–water partition coefficient (Wildman–Crippen LogP) is 2.79. The van der Waals surface area contributed by atoms with Crippen LogP contribution >= 0.6 is 15.9 Å². The molecule has 1 rings (SSSR count). The summed E-state index contributed by atoms with van der Waals surface area (Å²) in [5, 5.41) is 13.5. The molecule has 1 aromatic carbocycles. The number of nitro groups is 1. The topological polar surface area (TPSA) is 55.2 Å². The predicted molar refractivity (Wildman–Crippen MR) is 55.0 cm³/mol. The summed E-state index contributed by atoms with van der Waals surface area (Å²) in [7, 11) is 0. The van der Waals surface area contributed by atoms with Crippen LogP contribution in [0.3, 0.4) is 0 Å². The number of benzene rings is 1. The Bertz CT molecular complexity index is 328.